The minimum atomic E-state index is -1.66. The lowest BCUT2D eigenvalue weighted by atomic mass is 9.38. The van der Waals surface area contributed by atoms with E-state index in [1.165, 1.54) is 11.1 Å². The van der Waals surface area contributed by atoms with E-state index < -0.39 is 22.2 Å². The summed E-state index contributed by atoms with van der Waals surface area (Å²) in [6.07, 6.45) is 14.3. The number of Topliss-reactive ketones (excluding diaryl/α,β-unsaturated/α-hetero) is 3. The van der Waals surface area contributed by atoms with Crippen molar-refractivity contribution in [3.8, 4) is 0 Å². The summed E-state index contributed by atoms with van der Waals surface area (Å²) < 4.78 is 0. The highest BCUT2D eigenvalue weighted by Gasteiger charge is 2.73. The first-order valence-corrected chi connectivity index (χ1v) is 14.4. The molecule has 1 fully saturated rings. The standard InChI is InChI=1S/C35H52O3/c1-23(2)13-12-19-33(11)29(17-15-25(5)6)22-34(20-18-26(7)8)21-28(16-14-24(3)4)31(37)35(33,32(34)38)30(36)27(9)10/h13-15,18,21,27,29H,12,16-17,19-20,22H2,1-11H3/t29?,33-,34+,35+/m1/s1. The molecule has 1 unspecified atom stereocenters. The molecule has 3 heteroatoms. The zero-order chi connectivity index (χ0) is 29.1. The third kappa shape index (κ3) is 5.97. The van der Waals surface area contributed by atoms with Crippen LogP contribution >= 0.6 is 0 Å². The van der Waals surface area contributed by atoms with E-state index in [9.17, 15) is 14.4 Å². The fourth-order valence-electron chi connectivity index (χ4n) is 6.62. The molecule has 0 saturated heterocycles. The van der Waals surface area contributed by atoms with Gasteiger partial charge in [0, 0.05) is 5.92 Å². The number of fused-ring (bicyclic) bond motifs is 2. The van der Waals surface area contributed by atoms with Gasteiger partial charge in [0.05, 0.1) is 5.41 Å². The smallest absolute Gasteiger partial charge is 0.180 e. The lowest BCUT2D eigenvalue weighted by molar-refractivity contribution is -0.177. The Morgan fingerprint density at radius 1 is 0.895 bits per heavy atom. The van der Waals surface area contributed by atoms with Crippen molar-refractivity contribution in [2.24, 2.45) is 28.1 Å². The van der Waals surface area contributed by atoms with Crippen molar-refractivity contribution in [3.63, 3.8) is 0 Å². The van der Waals surface area contributed by atoms with Gasteiger partial charge in [0.25, 0.3) is 0 Å². The Balaban J connectivity index is 3.01. The normalized spacial score (nSPS) is 28.4. The van der Waals surface area contributed by atoms with Gasteiger partial charge in [-0.05, 0) is 111 Å². The number of hydrogen-bond acceptors (Lipinski definition) is 3. The first kappa shape index (κ1) is 31.9. The Kier molecular flexibility index (Phi) is 10.3. The monoisotopic (exact) mass is 520 g/mol. The Morgan fingerprint density at radius 2 is 1.45 bits per heavy atom. The van der Waals surface area contributed by atoms with E-state index >= 15 is 0 Å². The van der Waals surface area contributed by atoms with Gasteiger partial charge < -0.3 is 0 Å². The lowest BCUT2D eigenvalue weighted by Gasteiger charge is -2.60. The van der Waals surface area contributed by atoms with Crippen LogP contribution in [0.15, 0.2) is 58.2 Å². The molecular formula is C35H52O3. The molecule has 0 aromatic carbocycles. The topological polar surface area (TPSA) is 51.2 Å². The van der Waals surface area contributed by atoms with Crippen molar-refractivity contribution in [1.29, 1.82) is 0 Å². The molecule has 0 radical (unpaired) electrons. The predicted octanol–water partition coefficient (Wildman–Crippen LogP) is 9.10. The Hall–Kier alpha value is -2.29. The maximum atomic E-state index is 14.9. The molecule has 2 aliphatic carbocycles. The SMILES string of the molecule is CC(C)=CCC[C@]1(C)C(CC=C(C)C)C[C@]2(CC=C(C)C)C=C(CC=C(C)C)C(=O)[C@@]1(C(=O)C(C)C)C2=O. The summed E-state index contributed by atoms with van der Waals surface area (Å²) in [5, 5.41) is 0. The van der Waals surface area contributed by atoms with Crippen molar-refractivity contribution in [2.75, 3.05) is 0 Å². The van der Waals surface area contributed by atoms with Crippen molar-refractivity contribution >= 4 is 17.3 Å². The molecule has 0 N–H and O–H groups in total. The first-order chi connectivity index (χ1) is 17.5. The molecule has 1 saturated carbocycles. The maximum absolute atomic E-state index is 14.9. The second-order valence-electron chi connectivity index (χ2n) is 13.4. The van der Waals surface area contributed by atoms with E-state index in [1.54, 1.807) is 0 Å². The van der Waals surface area contributed by atoms with Crippen LogP contribution in [0.4, 0.5) is 0 Å². The van der Waals surface area contributed by atoms with Gasteiger partial charge in [-0.3, -0.25) is 14.4 Å². The summed E-state index contributed by atoms with van der Waals surface area (Å²) in [6.45, 7) is 22.2. The van der Waals surface area contributed by atoms with Gasteiger partial charge in [0.2, 0.25) is 0 Å². The molecular weight excluding hydrogens is 468 g/mol. The lowest BCUT2D eigenvalue weighted by Crippen LogP contribution is -2.70. The number of carbonyl (C=O) groups is 3. The molecule has 0 amide bonds. The van der Waals surface area contributed by atoms with E-state index in [1.807, 2.05) is 47.6 Å². The first-order valence-electron chi connectivity index (χ1n) is 14.4. The summed E-state index contributed by atoms with van der Waals surface area (Å²) in [4.78, 5) is 44.1. The van der Waals surface area contributed by atoms with E-state index in [4.69, 9.17) is 0 Å². The number of ketones is 3. The fraction of sp³-hybridized carbons (Fsp3) is 0.629. The zero-order valence-corrected chi connectivity index (χ0v) is 26.0. The van der Waals surface area contributed by atoms with Crippen LogP contribution in [0.3, 0.4) is 0 Å². The van der Waals surface area contributed by atoms with E-state index in [2.05, 4.69) is 58.9 Å². The molecule has 38 heavy (non-hydrogen) atoms. The van der Waals surface area contributed by atoms with E-state index in [0.29, 0.717) is 31.3 Å². The quantitative estimate of drug-likeness (QED) is 0.202. The summed E-state index contributed by atoms with van der Waals surface area (Å²) in [5.74, 6) is -0.983. The highest BCUT2D eigenvalue weighted by molar-refractivity contribution is 6.33. The Bertz CT molecular complexity index is 1090. The average molecular weight is 521 g/mol. The van der Waals surface area contributed by atoms with Gasteiger partial charge >= 0.3 is 0 Å². The number of carbonyl (C=O) groups excluding carboxylic acids is 3. The van der Waals surface area contributed by atoms with Crippen LogP contribution in [0.1, 0.15) is 115 Å². The van der Waals surface area contributed by atoms with Crippen LogP contribution in [-0.4, -0.2) is 17.3 Å². The van der Waals surface area contributed by atoms with Gasteiger partial charge in [-0.25, -0.2) is 0 Å². The highest BCUT2D eigenvalue weighted by Crippen LogP contribution is 2.66. The predicted molar refractivity (Wildman–Crippen MR) is 160 cm³/mol. The van der Waals surface area contributed by atoms with Crippen molar-refractivity contribution < 1.29 is 14.4 Å². The Labute approximate surface area is 232 Å². The van der Waals surface area contributed by atoms with Crippen molar-refractivity contribution in [3.05, 3.63) is 58.2 Å². The molecule has 0 aromatic heterocycles. The van der Waals surface area contributed by atoms with Gasteiger partial charge in [0.1, 0.15) is 0 Å². The van der Waals surface area contributed by atoms with Crippen LogP contribution < -0.4 is 0 Å². The van der Waals surface area contributed by atoms with Crippen LogP contribution in [0.25, 0.3) is 0 Å². The Morgan fingerprint density at radius 3 is 1.95 bits per heavy atom. The minimum Gasteiger partial charge on any atom is -0.298 e. The second-order valence-corrected chi connectivity index (χ2v) is 13.4. The molecule has 4 atom stereocenters. The van der Waals surface area contributed by atoms with Crippen LogP contribution in [0.5, 0.6) is 0 Å². The second kappa shape index (κ2) is 12.3. The summed E-state index contributed by atoms with van der Waals surface area (Å²) in [6, 6.07) is 0. The van der Waals surface area contributed by atoms with Crippen LogP contribution in [-0.2, 0) is 14.4 Å². The molecule has 2 bridgehead atoms. The summed E-state index contributed by atoms with van der Waals surface area (Å²) in [7, 11) is 0. The molecule has 3 nitrogen and oxygen atoms in total. The maximum Gasteiger partial charge on any atom is 0.180 e. The summed E-state index contributed by atoms with van der Waals surface area (Å²) >= 11 is 0. The number of rotatable bonds is 11. The minimum absolute atomic E-state index is 0.0270. The fourth-order valence-corrected chi connectivity index (χ4v) is 6.62. The molecule has 0 aromatic rings. The van der Waals surface area contributed by atoms with Gasteiger partial charge in [-0.2, -0.15) is 0 Å². The van der Waals surface area contributed by atoms with Crippen molar-refractivity contribution in [2.45, 2.75) is 115 Å². The van der Waals surface area contributed by atoms with Crippen molar-refractivity contribution in [1.82, 2.24) is 0 Å². The molecule has 210 valence electrons. The average Bonchev–Trinajstić information content (AvgIpc) is 2.80. The van der Waals surface area contributed by atoms with Crippen LogP contribution in [0.2, 0.25) is 0 Å². The molecule has 2 rings (SSSR count). The molecule has 0 spiro atoms. The third-order valence-corrected chi connectivity index (χ3v) is 8.77. The summed E-state index contributed by atoms with van der Waals surface area (Å²) in [5.41, 5.74) is 2.03. The van der Waals surface area contributed by atoms with Gasteiger partial charge in [-0.15, -0.1) is 0 Å². The van der Waals surface area contributed by atoms with Gasteiger partial charge in [-0.1, -0.05) is 73.4 Å². The molecule has 0 aliphatic heterocycles. The largest absolute Gasteiger partial charge is 0.298 e. The van der Waals surface area contributed by atoms with E-state index in [-0.39, 0.29) is 23.3 Å². The highest BCUT2D eigenvalue weighted by atomic mass is 16.2. The zero-order valence-electron chi connectivity index (χ0n) is 26.0. The number of hydrogen-bond donors (Lipinski definition) is 0. The third-order valence-electron chi connectivity index (χ3n) is 8.77. The van der Waals surface area contributed by atoms with E-state index in [0.717, 1.165) is 24.0 Å². The number of allylic oxidation sites excluding steroid dienone is 10. The van der Waals surface area contributed by atoms with Crippen LogP contribution in [0, 0.1) is 28.1 Å². The molecule has 0 heterocycles. The molecule has 2 aliphatic rings. The van der Waals surface area contributed by atoms with Gasteiger partial charge in [0.15, 0.2) is 22.8 Å².